The summed E-state index contributed by atoms with van der Waals surface area (Å²) in [6, 6.07) is 18.5. The van der Waals surface area contributed by atoms with Crippen LogP contribution in [0.3, 0.4) is 0 Å². The Balaban J connectivity index is 2.03. The molecule has 1 atom stereocenters. The first kappa shape index (κ1) is 18.7. The fraction of sp³-hybridized carbons (Fsp3) is 0.300. The Kier molecular flexibility index (Phi) is 6.71. The van der Waals surface area contributed by atoms with E-state index in [0.29, 0.717) is 0 Å². The monoisotopic (exact) mass is 340 g/mol. The number of carbonyl (C=O) groups is 2. The maximum Gasteiger partial charge on any atom is 0.275 e. The molecule has 2 amide bonds. The highest BCUT2D eigenvalue weighted by atomic mass is 16.2. The van der Waals surface area contributed by atoms with Crippen LogP contribution in [0, 0.1) is 6.92 Å². The summed E-state index contributed by atoms with van der Waals surface area (Å²) >= 11 is 0. The van der Waals surface area contributed by atoms with Crippen LogP contribution in [0.1, 0.15) is 22.7 Å². The van der Waals surface area contributed by atoms with Gasteiger partial charge < -0.3 is 15.5 Å². The summed E-state index contributed by atoms with van der Waals surface area (Å²) in [5, 5.41) is 4.67. The summed E-state index contributed by atoms with van der Waals surface area (Å²) in [7, 11) is 3.34. The molecule has 0 aliphatic carbocycles. The van der Waals surface area contributed by atoms with Crippen molar-refractivity contribution in [1.82, 2.24) is 10.2 Å². The van der Waals surface area contributed by atoms with E-state index in [-0.39, 0.29) is 30.9 Å². The first-order valence-corrected chi connectivity index (χ1v) is 8.39. The lowest BCUT2D eigenvalue weighted by atomic mass is 9.98. The average molecular weight is 340 g/mol. The Bertz CT molecular complexity index is 697. The molecular formula is C20H26N3O2+. The molecule has 0 spiro atoms. The molecular weight excluding hydrogens is 314 g/mol. The molecule has 0 fully saturated rings. The molecule has 0 aliphatic heterocycles. The molecule has 5 heteroatoms. The van der Waals surface area contributed by atoms with Gasteiger partial charge in [0.2, 0.25) is 5.91 Å². The van der Waals surface area contributed by atoms with Gasteiger partial charge in [0, 0.05) is 25.2 Å². The third kappa shape index (κ3) is 5.72. The van der Waals surface area contributed by atoms with Gasteiger partial charge in [0.05, 0.1) is 6.54 Å². The second-order valence-corrected chi connectivity index (χ2v) is 6.30. The molecule has 0 saturated heterocycles. The van der Waals surface area contributed by atoms with Gasteiger partial charge in [0.15, 0.2) is 6.54 Å². The molecule has 0 aromatic heterocycles. The van der Waals surface area contributed by atoms with Gasteiger partial charge in [-0.1, -0.05) is 60.2 Å². The van der Waals surface area contributed by atoms with Gasteiger partial charge in [0.25, 0.3) is 5.91 Å². The van der Waals surface area contributed by atoms with Crippen molar-refractivity contribution in [2.45, 2.75) is 13.0 Å². The predicted octanol–water partition coefficient (Wildman–Crippen LogP) is 0.852. The number of hydrogen-bond donors (Lipinski definition) is 2. The van der Waals surface area contributed by atoms with Crippen molar-refractivity contribution in [1.29, 1.82) is 0 Å². The highest BCUT2D eigenvalue weighted by molar-refractivity contribution is 5.84. The van der Waals surface area contributed by atoms with Crippen LogP contribution in [0.25, 0.3) is 0 Å². The van der Waals surface area contributed by atoms with E-state index < -0.39 is 0 Å². The van der Waals surface area contributed by atoms with Gasteiger partial charge in [-0.25, -0.2) is 0 Å². The molecule has 0 unspecified atom stereocenters. The fourth-order valence-electron chi connectivity index (χ4n) is 2.53. The van der Waals surface area contributed by atoms with Crippen LogP contribution in [-0.4, -0.2) is 43.9 Å². The predicted molar refractivity (Wildman–Crippen MR) is 98.0 cm³/mol. The molecule has 5 nitrogen and oxygen atoms in total. The molecule has 0 radical (unpaired) electrons. The normalized spacial score (nSPS) is 11.6. The minimum absolute atomic E-state index is 0.0280. The molecule has 25 heavy (non-hydrogen) atoms. The highest BCUT2D eigenvalue weighted by Gasteiger charge is 2.19. The first-order valence-electron chi connectivity index (χ1n) is 8.39. The second-order valence-electron chi connectivity index (χ2n) is 6.30. The van der Waals surface area contributed by atoms with Crippen molar-refractivity contribution < 1.29 is 14.9 Å². The number of nitrogens with two attached hydrogens (primary N) is 1. The van der Waals surface area contributed by atoms with Crippen LogP contribution in [0.2, 0.25) is 0 Å². The van der Waals surface area contributed by atoms with Crippen LogP contribution in [0.4, 0.5) is 0 Å². The zero-order chi connectivity index (χ0) is 18.2. The number of amides is 2. The summed E-state index contributed by atoms with van der Waals surface area (Å²) < 4.78 is 0. The Morgan fingerprint density at radius 1 is 1.00 bits per heavy atom. The fourth-order valence-corrected chi connectivity index (χ4v) is 2.53. The maximum absolute atomic E-state index is 12.1. The molecule has 2 aromatic carbocycles. The van der Waals surface area contributed by atoms with Crippen LogP contribution < -0.4 is 10.6 Å². The number of quaternary nitrogens is 1. The largest absolute Gasteiger partial charge is 0.347 e. The first-order chi connectivity index (χ1) is 12.0. The molecule has 0 aliphatic rings. The minimum Gasteiger partial charge on any atom is -0.347 e. The number of aryl methyl sites for hydroxylation is 1. The minimum atomic E-state index is -0.150. The summed E-state index contributed by atoms with van der Waals surface area (Å²) in [5.41, 5.74) is 3.49. The van der Waals surface area contributed by atoms with E-state index in [1.165, 1.54) is 10.5 Å². The van der Waals surface area contributed by atoms with Gasteiger partial charge in [-0.2, -0.15) is 0 Å². The molecule has 2 aromatic rings. The lowest BCUT2D eigenvalue weighted by Crippen LogP contribution is -2.87. The van der Waals surface area contributed by atoms with E-state index in [0.717, 1.165) is 11.1 Å². The Labute approximate surface area is 149 Å². The van der Waals surface area contributed by atoms with Crippen molar-refractivity contribution in [2.75, 3.05) is 27.2 Å². The second kappa shape index (κ2) is 8.99. The zero-order valence-corrected chi connectivity index (χ0v) is 15.0. The number of nitrogens with one attached hydrogen (secondary N) is 1. The summed E-state index contributed by atoms with van der Waals surface area (Å²) in [4.78, 5) is 25.1. The van der Waals surface area contributed by atoms with Crippen LogP contribution in [0.5, 0.6) is 0 Å². The standard InChI is InChI=1S/C20H25N3O2/c1-15-9-11-17(12-10-15)20(16-7-5-4-6-8-16)22-13-18(24)21-14-19(25)23(2)3/h4-12,20,22H,13-14H2,1-3H3,(H,21,24)/p+1/t20-/m0/s1. The number of nitrogens with zero attached hydrogens (tertiary/aromatic N) is 1. The molecule has 132 valence electrons. The molecule has 2 rings (SSSR count). The van der Waals surface area contributed by atoms with Gasteiger partial charge in [-0.05, 0) is 6.92 Å². The van der Waals surface area contributed by atoms with E-state index in [2.05, 4.69) is 48.6 Å². The van der Waals surface area contributed by atoms with Crippen LogP contribution in [-0.2, 0) is 9.59 Å². The molecule has 3 N–H and O–H groups in total. The van der Waals surface area contributed by atoms with Gasteiger partial charge in [0.1, 0.15) is 6.04 Å². The molecule has 0 saturated carbocycles. The van der Waals surface area contributed by atoms with Gasteiger partial charge >= 0.3 is 0 Å². The topological polar surface area (TPSA) is 66.0 Å². The lowest BCUT2D eigenvalue weighted by molar-refractivity contribution is -0.676. The number of hydrogen-bond acceptors (Lipinski definition) is 2. The summed E-state index contributed by atoms with van der Waals surface area (Å²) in [5.74, 6) is -0.269. The van der Waals surface area contributed by atoms with E-state index in [4.69, 9.17) is 0 Å². The highest BCUT2D eigenvalue weighted by Crippen LogP contribution is 2.18. The summed E-state index contributed by atoms with van der Waals surface area (Å²) in [6.07, 6.45) is 0. The quantitative estimate of drug-likeness (QED) is 0.785. The van der Waals surface area contributed by atoms with Gasteiger partial charge in [-0.3, -0.25) is 9.59 Å². The SMILES string of the molecule is Cc1ccc([C@@H]([NH2+]CC(=O)NCC(=O)N(C)C)c2ccccc2)cc1. The number of benzene rings is 2. The number of likely N-dealkylation sites (N-methyl/N-ethyl adjacent to an activating group) is 1. The third-order valence-electron chi connectivity index (χ3n) is 4.07. The number of rotatable bonds is 7. The van der Waals surface area contributed by atoms with Crippen molar-refractivity contribution in [3.63, 3.8) is 0 Å². The van der Waals surface area contributed by atoms with Crippen molar-refractivity contribution in [3.05, 3.63) is 71.3 Å². The van der Waals surface area contributed by atoms with E-state index in [1.807, 2.05) is 23.5 Å². The van der Waals surface area contributed by atoms with E-state index >= 15 is 0 Å². The van der Waals surface area contributed by atoms with Gasteiger partial charge in [-0.15, -0.1) is 0 Å². The van der Waals surface area contributed by atoms with Crippen LogP contribution >= 0.6 is 0 Å². The number of carbonyl (C=O) groups excluding carboxylic acids is 2. The van der Waals surface area contributed by atoms with Crippen molar-refractivity contribution in [2.24, 2.45) is 0 Å². The Morgan fingerprint density at radius 2 is 1.60 bits per heavy atom. The third-order valence-corrected chi connectivity index (χ3v) is 4.07. The zero-order valence-electron chi connectivity index (χ0n) is 15.0. The van der Waals surface area contributed by atoms with Crippen molar-refractivity contribution in [3.8, 4) is 0 Å². The summed E-state index contributed by atoms with van der Waals surface area (Å²) in [6.45, 7) is 2.34. The van der Waals surface area contributed by atoms with E-state index in [1.54, 1.807) is 14.1 Å². The Hall–Kier alpha value is -2.66. The molecule has 0 bridgehead atoms. The lowest BCUT2D eigenvalue weighted by Gasteiger charge is -2.17. The Morgan fingerprint density at radius 3 is 2.20 bits per heavy atom. The van der Waals surface area contributed by atoms with Crippen LogP contribution in [0.15, 0.2) is 54.6 Å². The smallest absolute Gasteiger partial charge is 0.275 e. The maximum atomic E-state index is 12.1. The van der Waals surface area contributed by atoms with Crippen molar-refractivity contribution >= 4 is 11.8 Å². The molecule has 0 heterocycles. The average Bonchev–Trinajstić information content (AvgIpc) is 2.62. The van der Waals surface area contributed by atoms with E-state index in [9.17, 15) is 9.59 Å².